The molecule has 0 bridgehead atoms. The number of aromatic nitrogens is 2. The lowest BCUT2D eigenvalue weighted by Gasteiger charge is -2.27. The van der Waals surface area contributed by atoms with Crippen LogP contribution in [-0.2, 0) is 31.6 Å². The molecule has 1 saturated heterocycles. The van der Waals surface area contributed by atoms with E-state index in [1.807, 2.05) is 0 Å². The predicted octanol–water partition coefficient (Wildman–Crippen LogP) is -0.886. The second kappa shape index (κ2) is 9.24. The lowest BCUT2D eigenvalue weighted by atomic mass is 10.1. The third-order valence-corrected chi connectivity index (χ3v) is 7.33. The first-order chi connectivity index (χ1) is 14.5. The van der Waals surface area contributed by atoms with E-state index in [0.29, 0.717) is 4.57 Å². The molecule has 32 heavy (non-hydrogen) atoms. The lowest BCUT2D eigenvalue weighted by Crippen LogP contribution is -2.44. The van der Waals surface area contributed by atoms with Gasteiger partial charge in [0.2, 0.25) is 5.72 Å². The van der Waals surface area contributed by atoms with Gasteiger partial charge in [-0.2, -0.15) is 8.62 Å². The molecule has 1 fully saturated rings. The van der Waals surface area contributed by atoms with Crippen LogP contribution in [-0.4, -0.2) is 58.8 Å². The molecule has 1 aliphatic rings. The fourth-order valence-electron chi connectivity index (χ4n) is 2.37. The van der Waals surface area contributed by atoms with Gasteiger partial charge < -0.3 is 29.4 Å². The van der Waals surface area contributed by atoms with Crippen LogP contribution in [0.1, 0.15) is 6.23 Å². The van der Waals surface area contributed by atoms with Crippen molar-refractivity contribution >= 4 is 23.5 Å². The Bertz CT molecular complexity index is 1170. The van der Waals surface area contributed by atoms with Crippen LogP contribution >= 0.6 is 23.5 Å². The smallest absolute Gasteiger partial charge is 0.387 e. The highest BCUT2D eigenvalue weighted by molar-refractivity contribution is 7.66. The van der Waals surface area contributed by atoms with Crippen LogP contribution in [0, 0.1) is 0 Å². The van der Waals surface area contributed by atoms with E-state index in [-0.39, 0.29) is 0 Å². The summed E-state index contributed by atoms with van der Waals surface area (Å²) in [4.78, 5) is 62.5. The molecule has 0 aliphatic carbocycles. The van der Waals surface area contributed by atoms with Crippen molar-refractivity contribution in [3.05, 3.63) is 43.5 Å². The Kier molecular flexibility index (Phi) is 7.66. The monoisotopic (exact) mass is 527 g/mol. The molecule has 23 heteroatoms. The van der Waals surface area contributed by atoms with Crippen LogP contribution in [0.4, 0.5) is 4.39 Å². The zero-order valence-corrected chi connectivity index (χ0v) is 17.7. The Hall–Kier alpha value is -1.75. The Morgan fingerprint density at radius 3 is 2.41 bits per heavy atom. The van der Waals surface area contributed by atoms with Gasteiger partial charge in [0.25, 0.3) is 5.56 Å². The van der Waals surface area contributed by atoms with Gasteiger partial charge in [-0.15, -0.1) is 0 Å². The van der Waals surface area contributed by atoms with Crippen molar-refractivity contribution < 1.29 is 60.6 Å². The normalized spacial score (nSPS) is 29.6. The van der Waals surface area contributed by atoms with Gasteiger partial charge in [0.1, 0.15) is 6.10 Å². The van der Waals surface area contributed by atoms with Crippen molar-refractivity contribution in [3.8, 4) is 0 Å². The van der Waals surface area contributed by atoms with Crippen LogP contribution in [0.2, 0.25) is 0 Å². The van der Waals surface area contributed by atoms with Crippen LogP contribution in [0.5, 0.6) is 0 Å². The van der Waals surface area contributed by atoms with Crippen molar-refractivity contribution in [2.24, 2.45) is 5.11 Å². The third-order valence-electron chi connectivity index (χ3n) is 3.55. The number of H-pyrrole nitrogens is 1. The average Bonchev–Trinajstić information content (AvgIpc) is 2.83. The Morgan fingerprint density at radius 2 is 1.88 bits per heavy atom. The van der Waals surface area contributed by atoms with Crippen molar-refractivity contribution in [3.63, 3.8) is 0 Å². The topological polar surface area (TPSA) is 293 Å². The number of halogens is 1. The lowest BCUT2D eigenvalue weighted by molar-refractivity contribution is -0.122. The number of phosphoric ester groups is 1. The van der Waals surface area contributed by atoms with Gasteiger partial charge in [0.15, 0.2) is 12.4 Å². The van der Waals surface area contributed by atoms with E-state index in [0.717, 1.165) is 12.3 Å². The summed E-state index contributed by atoms with van der Waals surface area (Å²) in [6.45, 7) is -1.54. The summed E-state index contributed by atoms with van der Waals surface area (Å²) in [6.07, 6.45) is -6.30. The van der Waals surface area contributed by atoms with E-state index in [4.69, 9.17) is 24.9 Å². The average molecular weight is 527 g/mol. The van der Waals surface area contributed by atoms with Crippen LogP contribution in [0.15, 0.2) is 27.0 Å². The largest absolute Gasteiger partial charge is 0.490 e. The molecule has 2 unspecified atom stereocenters. The number of aliphatic hydroxyl groups excluding tert-OH is 1. The first-order valence-electron chi connectivity index (χ1n) is 7.67. The standard InChI is InChI=1S/C9H13FN5O14P3/c10-5-6(17)9(13-14-11,27-7(5)15-2-1-4(16)12-8(15)18)3-26-31(22,23)29-32(24,25)28-30(19,20)21/h1-2,5-7,17H,3H2,(H,22,23)(H,24,25)(H,12,16,18)(H2,19,20,21)/t5-,6+,7-,9-/m1/s1. The summed E-state index contributed by atoms with van der Waals surface area (Å²) < 4.78 is 65.0. The van der Waals surface area contributed by atoms with Gasteiger partial charge in [0.05, 0.1) is 6.61 Å². The van der Waals surface area contributed by atoms with E-state index in [2.05, 4.69) is 23.2 Å². The second-order valence-corrected chi connectivity index (χ2v) is 10.2. The van der Waals surface area contributed by atoms with Gasteiger partial charge in [-0.1, -0.05) is 5.11 Å². The summed E-state index contributed by atoms with van der Waals surface area (Å²) in [6, 6.07) is 0.781. The van der Waals surface area contributed by atoms with Crippen molar-refractivity contribution in [2.45, 2.75) is 24.2 Å². The molecule has 2 heterocycles. The zero-order valence-electron chi connectivity index (χ0n) is 15.0. The maximum absolute atomic E-state index is 14.6. The molecule has 6 N–H and O–H groups in total. The molecule has 1 aromatic rings. The molecule has 19 nitrogen and oxygen atoms in total. The highest BCUT2D eigenvalue weighted by Crippen LogP contribution is 2.66. The van der Waals surface area contributed by atoms with Gasteiger partial charge in [-0.05, 0) is 5.53 Å². The van der Waals surface area contributed by atoms with Crippen LogP contribution < -0.4 is 11.2 Å². The van der Waals surface area contributed by atoms with Crippen molar-refractivity contribution in [1.82, 2.24) is 9.55 Å². The number of nitrogens with one attached hydrogen (secondary N) is 1. The summed E-state index contributed by atoms with van der Waals surface area (Å²) in [5.74, 6) is 0. The number of aromatic amines is 1. The number of azide groups is 1. The molecule has 0 saturated carbocycles. The predicted molar refractivity (Wildman–Crippen MR) is 94.0 cm³/mol. The van der Waals surface area contributed by atoms with Crippen LogP contribution in [0.3, 0.4) is 0 Å². The number of aliphatic hydroxyl groups is 1. The van der Waals surface area contributed by atoms with Gasteiger partial charge in [0, 0.05) is 17.2 Å². The number of hydrogen-bond donors (Lipinski definition) is 6. The Labute approximate surface area is 174 Å². The molecular weight excluding hydrogens is 514 g/mol. The summed E-state index contributed by atoms with van der Waals surface area (Å²) in [5, 5.41) is 13.1. The molecule has 0 aromatic carbocycles. The molecule has 0 amide bonds. The van der Waals surface area contributed by atoms with Crippen molar-refractivity contribution in [1.29, 1.82) is 0 Å². The second-order valence-electron chi connectivity index (χ2n) is 5.81. The summed E-state index contributed by atoms with van der Waals surface area (Å²) in [7, 11) is -17.3. The SMILES string of the molecule is [N-]=[N+]=N[C@]1(COP(=O)(O)OP(=O)(O)OP(=O)(O)O)O[C@@H](n2ccc(=O)[nH]c2=O)[C@H](F)[C@@H]1O. The summed E-state index contributed by atoms with van der Waals surface area (Å²) >= 11 is 0. The van der Waals surface area contributed by atoms with Gasteiger partial charge in [-0.3, -0.25) is 18.9 Å². The first kappa shape index (κ1) is 26.5. The number of phosphoric acid groups is 3. The number of rotatable bonds is 9. The molecule has 180 valence electrons. The van der Waals surface area contributed by atoms with Gasteiger partial charge in [-0.25, -0.2) is 22.9 Å². The Balaban J connectivity index is 2.28. The van der Waals surface area contributed by atoms with Gasteiger partial charge >= 0.3 is 29.2 Å². The fourth-order valence-corrected chi connectivity index (χ4v) is 5.41. The first-order valence-corrected chi connectivity index (χ1v) is 12.2. The maximum atomic E-state index is 14.6. The molecule has 1 aromatic heterocycles. The molecule has 0 radical (unpaired) electrons. The molecule has 1 aliphatic heterocycles. The summed E-state index contributed by atoms with van der Waals surface area (Å²) in [5.41, 5.74) is 3.77. The highest BCUT2D eigenvalue weighted by Gasteiger charge is 2.57. The molecular formula is C9H13FN5O14P3. The molecule has 2 rings (SSSR count). The van der Waals surface area contributed by atoms with E-state index >= 15 is 0 Å². The number of hydrogen-bond acceptors (Lipinski definition) is 11. The van der Waals surface area contributed by atoms with E-state index in [9.17, 15) is 37.7 Å². The minimum Gasteiger partial charge on any atom is -0.387 e. The minimum absolute atomic E-state index is 0.439. The maximum Gasteiger partial charge on any atom is 0.490 e. The fraction of sp³-hybridized carbons (Fsp3) is 0.556. The number of alkyl halides is 1. The van der Waals surface area contributed by atoms with Crippen molar-refractivity contribution in [2.75, 3.05) is 6.61 Å². The van der Waals surface area contributed by atoms with Crippen LogP contribution in [0.25, 0.3) is 10.4 Å². The van der Waals surface area contributed by atoms with E-state index < -0.39 is 65.6 Å². The zero-order chi connectivity index (χ0) is 24.5. The molecule has 6 atom stereocenters. The van der Waals surface area contributed by atoms with E-state index in [1.54, 1.807) is 4.98 Å². The minimum atomic E-state index is -5.89. The third kappa shape index (κ3) is 6.40. The number of nitrogens with zero attached hydrogens (tertiary/aromatic N) is 4. The molecule has 0 spiro atoms. The quantitative estimate of drug-likeness (QED) is 0.0983. The highest BCUT2D eigenvalue weighted by atomic mass is 31.3. The number of ether oxygens (including phenoxy) is 1. The Morgan fingerprint density at radius 1 is 1.25 bits per heavy atom. The van der Waals surface area contributed by atoms with E-state index in [1.165, 1.54) is 0 Å².